The minimum Gasteiger partial charge on any atom is -0.494 e. The molecule has 232 valence electrons. The van der Waals surface area contributed by atoms with E-state index in [-0.39, 0.29) is 11.5 Å². The highest BCUT2D eigenvalue weighted by atomic mass is 79.9. The summed E-state index contributed by atoms with van der Waals surface area (Å²) in [6, 6.07) is 12.9. The normalized spacial score (nSPS) is 12.1. The molecule has 0 radical (unpaired) electrons. The van der Waals surface area contributed by atoms with E-state index in [2.05, 4.69) is 50.8 Å². The second kappa shape index (κ2) is 14.4. The molecule has 0 amide bonds. The molecule has 1 atom stereocenters. The Balaban J connectivity index is 1.92. The van der Waals surface area contributed by atoms with Crippen molar-refractivity contribution in [2.75, 3.05) is 20.3 Å². The first-order chi connectivity index (χ1) is 21.0. The Morgan fingerprint density at radius 3 is 2.36 bits per heavy atom. The number of hydrogen-bond acceptors (Lipinski definition) is 8. The van der Waals surface area contributed by atoms with Crippen molar-refractivity contribution in [3.05, 3.63) is 78.5 Å². The van der Waals surface area contributed by atoms with Crippen LogP contribution in [-0.2, 0) is 9.53 Å². The number of aromatic nitrogens is 2. The van der Waals surface area contributed by atoms with Crippen LogP contribution in [0.5, 0.6) is 17.2 Å². The molecule has 0 N–H and O–H groups in total. The standard InChI is InChI=1S/C33H35Br2N3O6/c1-8-42-26-14-19(5)24(16-23(26)18(3)4)31-37-25-13-11-10-12-22(25)32(39)38(31)36-17-21-15-27(43-9-2)30(29(35)28(21)34)44-20(6)33(40)41-7/h10-18,20H,8-9H2,1-7H3/t20-/m0/s1. The zero-order valence-corrected chi connectivity index (χ0v) is 28.9. The minimum absolute atomic E-state index is 0.174. The molecule has 1 heterocycles. The van der Waals surface area contributed by atoms with Gasteiger partial charge in [0, 0.05) is 15.6 Å². The van der Waals surface area contributed by atoms with Gasteiger partial charge in [0.25, 0.3) is 5.56 Å². The van der Waals surface area contributed by atoms with Crippen LogP contribution in [0.3, 0.4) is 0 Å². The number of carbonyl (C=O) groups is 1. The number of para-hydroxylation sites is 1. The van der Waals surface area contributed by atoms with Crippen molar-refractivity contribution in [3.63, 3.8) is 0 Å². The van der Waals surface area contributed by atoms with Crippen molar-refractivity contribution >= 4 is 54.9 Å². The van der Waals surface area contributed by atoms with Crippen LogP contribution in [-0.4, -0.2) is 48.3 Å². The Bertz CT molecular complexity index is 1780. The van der Waals surface area contributed by atoms with Crippen LogP contribution in [0.25, 0.3) is 22.3 Å². The van der Waals surface area contributed by atoms with E-state index in [1.54, 1.807) is 31.3 Å². The van der Waals surface area contributed by atoms with Gasteiger partial charge in [-0.3, -0.25) is 4.79 Å². The van der Waals surface area contributed by atoms with Gasteiger partial charge in [-0.1, -0.05) is 26.0 Å². The quantitative estimate of drug-likeness (QED) is 0.116. The van der Waals surface area contributed by atoms with Crippen molar-refractivity contribution in [2.45, 2.75) is 53.6 Å². The van der Waals surface area contributed by atoms with Gasteiger partial charge in [0.1, 0.15) is 5.75 Å². The van der Waals surface area contributed by atoms with Crippen molar-refractivity contribution in [1.29, 1.82) is 0 Å². The Morgan fingerprint density at radius 1 is 1.02 bits per heavy atom. The van der Waals surface area contributed by atoms with E-state index in [4.69, 9.17) is 23.9 Å². The van der Waals surface area contributed by atoms with Crippen molar-refractivity contribution in [2.24, 2.45) is 5.10 Å². The van der Waals surface area contributed by atoms with E-state index >= 15 is 0 Å². The Labute approximate surface area is 273 Å². The molecular formula is C33H35Br2N3O6. The smallest absolute Gasteiger partial charge is 0.346 e. The number of rotatable bonds is 11. The number of benzene rings is 3. The number of hydrogen-bond donors (Lipinski definition) is 0. The van der Waals surface area contributed by atoms with Gasteiger partial charge in [0.05, 0.1) is 41.9 Å². The number of methoxy groups -OCH3 is 1. The fourth-order valence-electron chi connectivity index (χ4n) is 4.66. The zero-order valence-electron chi connectivity index (χ0n) is 25.7. The lowest BCUT2D eigenvalue weighted by Gasteiger charge is -2.19. The number of halogens is 2. The summed E-state index contributed by atoms with van der Waals surface area (Å²) in [7, 11) is 1.30. The summed E-state index contributed by atoms with van der Waals surface area (Å²) in [6.45, 7) is 12.4. The molecule has 1 aromatic heterocycles. The molecule has 0 aliphatic rings. The predicted molar refractivity (Wildman–Crippen MR) is 180 cm³/mol. The molecule has 3 aromatic carbocycles. The topological polar surface area (TPSA) is 101 Å². The average molecular weight is 729 g/mol. The lowest BCUT2D eigenvalue weighted by Crippen LogP contribution is -2.25. The third kappa shape index (κ3) is 6.83. The first kappa shape index (κ1) is 33.2. The van der Waals surface area contributed by atoms with Crippen molar-refractivity contribution in [1.82, 2.24) is 9.66 Å². The van der Waals surface area contributed by atoms with Gasteiger partial charge >= 0.3 is 5.97 Å². The Hall–Kier alpha value is -3.70. The predicted octanol–water partition coefficient (Wildman–Crippen LogP) is 7.64. The molecule has 0 aliphatic carbocycles. The van der Waals surface area contributed by atoms with E-state index in [9.17, 15) is 9.59 Å². The van der Waals surface area contributed by atoms with Crippen LogP contribution in [0.15, 0.2) is 61.3 Å². The molecule has 0 spiro atoms. The van der Waals surface area contributed by atoms with E-state index in [1.807, 2.05) is 45.0 Å². The van der Waals surface area contributed by atoms with E-state index in [0.717, 1.165) is 22.4 Å². The Morgan fingerprint density at radius 2 is 1.70 bits per heavy atom. The van der Waals surface area contributed by atoms with Gasteiger partial charge < -0.3 is 18.9 Å². The fraction of sp³-hybridized carbons (Fsp3) is 0.333. The first-order valence-electron chi connectivity index (χ1n) is 14.2. The number of esters is 1. The second-order valence-corrected chi connectivity index (χ2v) is 11.8. The highest BCUT2D eigenvalue weighted by Crippen LogP contribution is 2.43. The summed E-state index contributed by atoms with van der Waals surface area (Å²) in [4.78, 5) is 30.9. The van der Waals surface area contributed by atoms with Crippen LogP contribution in [0.4, 0.5) is 0 Å². The second-order valence-electron chi connectivity index (χ2n) is 10.2. The van der Waals surface area contributed by atoms with Gasteiger partial charge in [-0.2, -0.15) is 9.78 Å². The van der Waals surface area contributed by atoms with Gasteiger partial charge in [-0.25, -0.2) is 9.78 Å². The summed E-state index contributed by atoms with van der Waals surface area (Å²) in [5.41, 5.74) is 3.53. The van der Waals surface area contributed by atoms with E-state index in [0.29, 0.717) is 55.9 Å². The first-order valence-corrected chi connectivity index (χ1v) is 15.8. The molecule has 0 fully saturated rings. The van der Waals surface area contributed by atoms with Gasteiger partial charge in [0.2, 0.25) is 0 Å². The summed E-state index contributed by atoms with van der Waals surface area (Å²) in [5.74, 6) is 1.57. The number of aryl methyl sites for hydroxylation is 1. The van der Waals surface area contributed by atoms with Crippen LogP contribution in [0, 0.1) is 6.92 Å². The molecule has 4 rings (SSSR count). The molecule has 9 nitrogen and oxygen atoms in total. The molecule has 44 heavy (non-hydrogen) atoms. The average Bonchev–Trinajstić information content (AvgIpc) is 3.00. The maximum atomic E-state index is 13.9. The highest BCUT2D eigenvalue weighted by Gasteiger charge is 2.23. The van der Waals surface area contributed by atoms with Gasteiger partial charge in [-0.05, 0) is 107 Å². The maximum absolute atomic E-state index is 13.9. The molecule has 0 bridgehead atoms. The van der Waals surface area contributed by atoms with Crippen molar-refractivity contribution < 1.29 is 23.7 Å². The highest BCUT2D eigenvalue weighted by molar-refractivity contribution is 9.13. The third-order valence-corrected chi connectivity index (χ3v) is 9.01. The number of fused-ring (bicyclic) bond motifs is 1. The summed E-state index contributed by atoms with van der Waals surface area (Å²) < 4.78 is 24.9. The molecule has 0 saturated heterocycles. The largest absolute Gasteiger partial charge is 0.494 e. The molecular weight excluding hydrogens is 694 g/mol. The van der Waals surface area contributed by atoms with Crippen LogP contribution < -0.4 is 19.8 Å². The SMILES string of the molecule is CCOc1cc(C)c(-c2nc3ccccc3c(=O)n2N=Cc2cc(OCC)c(O[C@@H](C)C(=O)OC)c(Br)c2Br)cc1C(C)C. The number of carbonyl (C=O) groups excluding carboxylic acids is 1. The molecule has 11 heteroatoms. The van der Waals surface area contributed by atoms with Crippen LogP contribution in [0.1, 0.15) is 57.2 Å². The van der Waals surface area contributed by atoms with Crippen LogP contribution in [0.2, 0.25) is 0 Å². The summed E-state index contributed by atoms with van der Waals surface area (Å²) >= 11 is 7.18. The Kier molecular flexibility index (Phi) is 10.9. The van der Waals surface area contributed by atoms with E-state index in [1.165, 1.54) is 11.8 Å². The minimum atomic E-state index is -0.875. The molecule has 4 aromatic rings. The summed E-state index contributed by atoms with van der Waals surface area (Å²) in [6.07, 6.45) is 0.680. The van der Waals surface area contributed by atoms with Gasteiger partial charge in [-0.15, -0.1) is 0 Å². The fourth-order valence-corrected chi connectivity index (χ4v) is 5.57. The van der Waals surface area contributed by atoms with Crippen LogP contribution >= 0.6 is 31.9 Å². The lowest BCUT2D eigenvalue weighted by atomic mass is 9.96. The number of nitrogens with zero attached hydrogens (tertiary/aromatic N) is 3. The molecule has 0 aliphatic heterocycles. The monoisotopic (exact) mass is 727 g/mol. The lowest BCUT2D eigenvalue weighted by molar-refractivity contribution is -0.148. The summed E-state index contributed by atoms with van der Waals surface area (Å²) in [5, 5.41) is 5.12. The maximum Gasteiger partial charge on any atom is 0.346 e. The van der Waals surface area contributed by atoms with E-state index < -0.39 is 12.1 Å². The number of ether oxygens (including phenoxy) is 4. The third-order valence-electron chi connectivity index (χ3n) is 6.87. The molecule has 0 saturated carbocycles. The zero-order chi connectivity index (χ0) is 32.1. The van der Waals surface area contributed by atoms with Gasteiger partial charge in [0.15, 0.2) is 23.4 Å². The molecule has 0 unspecified atom stereocenters. The van der Waals surface area contributed by atoms with Crippen molar-refractivity contribution in [3.8, 4) is 28.6 Å².